The standard InChI is InChI=1S/C15H24N4/c1-12-16-8-6-15(18-12)11-19(9-13-4-5-13)10-14-3-2-7-17-14/h6,8,13-14,17H,2-5,7,9-11H2,1H3. The highest BCUT2D eigenvalue weighted by Gasteiger charge is 2.26. The van der Waals surface area contributed by atoms with Crippen molar-refractivity contribution in [3.8, 4) is 0 Å². The molecule has 2 heterocycles. The van der Waals surface area contributed by atoms with Gasteiger partial charge < -0.3 is 5.32 Å². The number of aryl methyl sites for hydroxylation is 1. The molecular weight excluding hydrogens is 236 g/mol. The summed E-state index contributed by atoms with van der Waals surface area (Å²) in [4.78, 5) is 11.3. The molecule has 1 aliphatic heterocycles. The summed E-state index contributed by atoms with van der Waals surface area (Å²) in [6.45, 7) is 6.53. The lowest BCUT2D eigenvalue weighted by Gasteiger charge is -2.25. The molecule has 0 amide bonds. The smallest absolute Gasteiger partial charge is 0.125 e. The van der Waals surface area contributed by atoms with Crippen LogP contribution in [0.3, 0.4) is 0 Å². The highest BCUT2D eigenvalue weighted by atomic mass is 15.2. The van der Waals surface area contributed by atoms with Crippen LogP contribution in [0.2, 0.25) is 0 Å². The van der Waals surface area contributed by atoms with Crippen LogP contribution in [0.4, 0.5) is 0 Å². The summed E-state index contributed by atoms with van der Waals surface area (Å²) >= 11 is 0. The van der Waals surface area contributed by atoms with E-state index in [1.807, 2.05) is 13.1 Å². The maximum Gasteiger partial charge on any atom is 0.125 e. The highest BCUT2D eigenvalue weighted by Crippen LogP contribution is 2.30. The number of nitrogens with zero attached hydrogens (tertiary/aromatic N) is 3. The zero-order chi connectivity index (χ0) is 13.1. The largest absolute Gasteiger partial charge is 0.313 e. The van der Waals surface area contributed by atoms with E-state index in [1.54, 1.807) is 0 Å². The molecular formula is C15H24N4. The first-order chi connectivity index (χ1) is 9.29. The van der Waals surface area contributed by atoms with Crippen molar-refractivity contribution < 1.29 is 0 Å². The lowest BCUT2D eigenvalue weighted by Crippen LogP contribution is -2.38. The lowest BCUT2D eigenvalue weighted by atomic mass is 10.2. The average Bonchev–Trinajstić information content (AvgIpc) is 3.03. The second kappa shape index (κ2) is 5.97. The van der Waals surface area contributed by atoms with Crippen molar-refractivity contribution in [3.05, 3.63) is 23.8 Å². The third-order valence-electron chi connectivity index (χ3n) is 4.07. The molecule has 4 heteroatoms. The van der Waals surface area contributed by atoms with E-state index in [0.29, 0.717) is 6.04 Å². The Hall–Kier alpha value is -1.00. The predicted molar refractivity (Wildman–Crippen MR) is 75.8 cm³/mol. The van der Waals surface area contributed by atoms with Crippen molar-refractivity contribution in [3.63, 3.8) is 0 Å². The monoisotopic (exact) mass is 260 g/mol. The molecule has 1 aromatic rings. The van der Waals surface area contributed by atoms with Crippen LogP contribution in [-0.2, 0) is 6.54 Å². The molecule has 3 rings (SSSR count). The van der Waals surface area contributed by atoms with Crippen LogP contribution in [0, 0.1) is 12.8 Å². The van der Waals surface area contributed by atoms with Gasteiger partial charge in [-0.05, 0) is 51.1 Å². The zero-order valence-corrected chi connectivity index (χ0v) is 11.8. The van der Waals surface area contributed by atoms with E-state index in [-0.39, 0.29) is 0 Å². The lowest BCUT2D eigenvalue weighted by molar-refractivity contribution is 0.229. The molecule has 1 saturated heterocycles. The van der Waals surface area contributed by atoms with Gasteiger partial charge in [0.1, 0.15) is 5.82 Å². The minimum atomic E-state index is 0.682. The summed E-state index contributed by atoms with van der Waals surface area (Å²) in [5.41, 5.74) is 1.16. The van der Waals surface area contributed by atoms with Crippen LogP contribution in [0.15, 0.2) is 12.3 Å². The maximum absolute atomic E-state index is 4.54. The van der Waals surface area contributed by atoms with Gasteiger partial charge in [-0.3, -0.25) is 4.90 Å². The Kier molecular flexibility index (Phi) is 4.09. The molecule has 19 heavy (non-hydrogen) atoms. The summed E-state index contributed by atoms with van der Waals surface area (Å²) < 4.78 is 0. The Labute approximate surface area is 115 Å². The van der Waals surface area contributed by atoms with E-state index in [9.17, 15) is 0 Å². The van der Waals surface area contributed by atoms with E-state index >= 15 is 0 Å². The van der Waals surface area contributed by atoms with E-state index in [4.69, 9.17) is 0 Å². The Morgan fingerprint density at radius 1 is 1.32 bits per heavy atom. The SMILES string of the molecule is Cc1nccc(CN(CC2CC2)CC2CCCN2)n1. The first-order valence-electron chi connectivity index (χ1n) is 7.54. The van der Waals surface area contributed by atoms with Crippen molar-refractivity contribution in [2.75, 3.05) is 19.6 Å². The summed E-state index contributed by atoms with van der Waals surface area (Å²) in [7, 11) is 0. The summed E-state index contributed by atoms with van der Waals surface area (Å²) in [5, 5.41) is 3.60. The van der Waals surface area contributed by atoms with Gasteiger partial charge in [-0.2, -0.15) is 0 Å². The fraction of sp³-hybridized carbons (Fsp3) is 0.733. The van der Waals surface area contributed by atoms with Crippen LogP contribution >= 0.6 is 0 Å². The average molecular weight is 260 g/mol. The zero-order valence-electron chi connectivity index (χ0n) is 11.8. The summed E-state index contributed by atoms with van der Waals surface area (Å²) in [6, 6.07) is 2.73. The molecule has 1 atom stereocenters. The van der Waals surface area contributed by atoms with Gasteiger partial charge in [-0.15, -0.1) is 0 Å². The summed E-state index contributed by atoms with van der Waals surface area (Å²) in [5.74, 6) is 1.81. The molecule has 104 valence electrons. The van der Waals surface area contributed by atoms with Crippen LogP contribution in [0.1, 0.15) is 37.2 Å². The van der Waals surface area contributed by atoms with Gasteiger partial charge in [0.05, 0.1) is 5.69 Å². The molecule has 2 fully saturated rings. The van der Waals surface area contributed by atoms with Gasteiger partial charge in [-0.25, -0.2) is 9.97 Å². The van der Waals surface area contributed by atoms with E-state index in [2.05, 4.69) is 26.3 Å². The van der Waals surface area contributed by atoms with Gasteiger partial charge in [-0.1, -0.05) is 0 Å². The molecule has 1 saturated carbocycles. The molecule has 1 aromatic heterocycles. The van der Waals surface area contributed by atoms with Gasteiger partial charge in [0.25, 0.3) is 0 Å². The molecule has 4 nitrogen and oxygen atoms in total. The van der Waals surface area contributed by atoms with E-state index in [0.717, 1.165) is 24.0 Å². The predicted octanol–water partition coefficient (Wildman–Crippen LogP) is 1.75. The Balaban J connectivity index is 1.60. The fourth-order valence-corrected chi connectivity index (χ4v) is 2.92. The number of aromatic nitrogens is 2. The minimum Gasteiger partial charge on any atom is -0.313 e. The minimum absolute atomic E-state index is 0.682. The Morgan fingerprint density at radius 2 is 2.21 bits per heavy atom. The number of nitrogens with one attached hydrogen (secondary N) is 1. The Bertz CT molecular complexity index is 410. The molecule has 0 aromatic carbocycles. The van der Waals surface area contributed by atoms with Crippen molar-refractivity contribution in [2.24, 2.45) is 5.92 Å². The van der Waals surface area contributed by atoms with Crippen LogP contribution in [-0.4, -0.2) is 40.5 Å². The van der Waals surface area contributed by atoms with E-state index < -0.39 is 0 Å². The molecule has 1 unspecified atom stereocenters. The Morgan fingerprint density at radius 3 is 2.89 bits per heavy atom. The fourth-order valence-electron chi connectivity index (χ4n) is 2.92. The van der Waals surface area contributed by atoms with Crippen molar-refractivity contribution in [2.45, 2.75) is 45.2 Å². The molecule has 0 radical (unpaired) electrons. The summed E-state index contributed by atoms with van der Waals surface area (Å²) in [6.07, 6.45) is 7.36. The van der Waals surface area contributed by atoms with Crippen LogP contribution < -0.4 is 5.32 Å². The van der Waals surface area contributed by atoms with E-state index in [1.165, 1.54) is 45.3 Å². The number of rotatable bonds is 6. The quantitative estimate of drug-likeness (QED) is 0.846. The van der Waals surface area contributed by atoms with Gasteiger partial charge >= 0.3 is 0 Å². The van der Waals surface area contributed by atoms with Gasteiger partial charge in [0, 0.05) is 31.9 Å². The highest BCUT2D eigenvalue weighted by molar-refractivity contribution is 5.02. The van der Waals surface area contributed by atoms with Gasteiger partial charge in [0.2, 0.25) is 0 Å². The third-order valence-corrected chi connectivity index (χ3v) is 4.07. The topological polar surface area (TPSA) is 41.1 Å². The molecule has 1 N–H and O–H groups in total. The number of hydrogen-bond donors (Lipinski definition) is 1. The van der Waals surface area contributed by atoms with Crippen molar-refractivity contribution in [1.82, 2.24) is 20.2 Å². The molecule has 0 spiro atoms. The normalized spacial score (nSPS) is 23.2. The second-order valence-corrected chi connectivity index (χ2v) is 6.03. The maximum atomic E-state index is 4.54. The third kappa shape index (κ3) is 3.98. The first kappa shape index (κ1) is 13.0. The van der Waals surface area contributed by atoms with Crippen molar-refractivity contribution in [1.29, 1.82) is 0 Å². The first-order valence-corrected chi connectivity index (χ1v) is 7.54. The molecule has 1 aliphatic carbocycles. The molecule has 2 aliphatic rings. The van der Waals surface area contributed by atoms with Crippen molar-refractivity contribution >= 4 is 0 Å². The van der Waals surface area contributed by atoms with Crippen LogP contribution in [0.25, 0.3) is 0 Å². The molecule has 0 bridgehead atoms. The second-order valence-electron chi connectivity index (χ2n) is 6.03. The van der Waals surface area contributed by atoms with Gasteiger partial charge in [0.15, 0.2) is 0 Å². The van der Waals surface area contributed by atoms with Crippen LogP contribution in [0.5, 0.6) is 0 Å². The number of hydrogen-bond acceptors (Lipinski definition) is 4.